The summed E-state index contributed by atoms with van der Waals surface area (Å²) < 4.78 is 5.94. The minimum Gasteiger partial charge on any atom is -0.462 e. The second-order valence-electron chi connectivity index (χ2n) is 18.2. The molecule has 0 radical (unpaired) electrons. The lowest BCUT2D eigenvalue weighted by atomic mass is 10.0. The van der Waals surface area contributed by atoms with E-state index in [0.717, 1.165) is 83.5 Å². The van der Waals surface area contributed by atoms with Crippen molar-refractivity contribution in [3.05, 3.63) is 48.6 Å². The molecular formula is C56H103NO5. The number of aliphatic hydroxyl groups is 2. The molecule has 0 spiro atoms. The fourth-order valence-corrected chi connectivity index (χ4v) is 8.09. The van der Waals surface area contributed by atoms with Crippen LogP contribution >= 0.6 is 0 Å². The summed E-state index contributed by atoms with van der Waals surface area (Å²) in [7, 11) is 0. The largest absolute Gasteiger partial charge is 0.462 e. The molecule has 62 heavy (non-hydrogen) atoms. The molecule has 1 amide bonds. The smallest absolute Gasteiger partial charge is 0.306 e. The molecule has 6 heteroatoms. The van der Waals surface area contributed by atoms with Crippen molar-refractivity contribution < 1.29 is 24.5 Å². The van der Waals surface area contributed by atoms with E-state index in [4.69, 9.17) is 4.74 Å². The quantitative estimate of drug-likeness (QED) is 0.0322. The lowest BCUT2D eigenvalue weighted by Gasteiger charge is -2.24. The maximum Gasteiger partial charge on any atom is 0.306 e. The third-order valence-corrected chi connectivity index (χ3v) is 12.1. The Bertz CT molecular complexity index is 1070. The Kier molecular flexibility index (Phi) is 48.1. The Labute approximate surface area is 385 Å². The predicted molar refractivity (Wildman–Crippen MR) is 269 cm³/mol. The molecule has 0 aliphatic carbocycles. The molecule has 0 bridgehead atoms. The highest BCUT2D eigenvalue weighted by Crippen LogP contribution is 2.18. The summed E-state index contributed by atoms with van der Waals surface area (Å²) in [6, 6.07) is -0.706. The third kappa shape index (κ3) is 44.4. The average Bonchev–Trinajstić information content (AvgIpc) is 3.26. The monoisotopic (exact) mass is 870 g/mol. The number of rotatable bonds is 48. The van der Waals surface area contributed by atoms with Gasteiger partial charge in [-0.2, -0.15) is 0 Å². The number of ether oxygens (including phenoxy) is 1. The number of allylic oxidation sites excluding steroid dienone is 8. The average molecular weight is 870 g/mol. The Balaban J connectivity index is 4.51. The van der Waals surface area contributed by atoms with Gasteiger partial charge in [0, 0.05) is 6.42 Å². The molecule has 362 valence electrons. The van der Waals surface area contributed by atoms with Crippen LogP contribution in [0.2, 0.25) is 0 Å². The number of esters is 1. The highest BCUT2D eigenvalue weighted by Gasteiger charge is 2.24. The zero-order valence-electron chi connectivity index (χ0n) is 41.3. The van der Waals surface area contributed by atoms with Crippen molar-refractivity contribution in [2.45, 2.75) is 289 Å². The summed E-state index contributed by atoms with van der Waals surface area (Å²) in [5.74, 6) is -0.486. The fourth-order valence-electron chi connectivity index (χ4n) is 8.09. The summed E-state index contributed by atoms with van der Waals surface area (Å²) in [6.07, 6.45) is 60.3. The molecule has 0 rings (SSSR count). The van der Waals surface area contributed by atoms with Gasteiger partial charge in [-0.3, -0.25) is 9.59 Å². The van der Waals surface area contributed by atoms with E-state index in [0.29, 0.717) is 19.3 Å². The Morgan fingerprint density at radius 1 is 0.484 bits per heavy atom. The fraction of sp³-hybridized carbons (Fsp3) is 0.821. The minimum atomic E-state index is -0.791. The summed E-state index contributed by atoms with van der Waals surface area (Å²) in [6.45, 7) is 6.36. The first-order valence-electron chi connectivity index (χ1n) is 26.9. The van der Waals surface area contributed by atoms with Crippen molar-refractivity contribution in [1.29, 1.82) is 0 Å². The van der Waals surface area contributed by atoms with Crippen LogP contribution in [0.25, 0.3) is 0 Å². The molecule has 0 fully saturated rings. The zero-order chi connectivity index (χ0) is 45.2. The van der Waals surface area contributed by atoms with Gasteiger partial charge in [0.1, 0.15) is 6.10 Å². The number of hydrogen-bond donors (Lipinski definition) is 3. The van der Waals surface area contributed by atoms with Crippen LogP contribution in [0.5, 0.6) is 0 Å². The van der Waals surface area contributed by atoms with E-state index in [1.54, 1.807) is 0 Å². The SMILES string of the molecule is CC/C=C/C/C=C/CCCCCCCC(CC(=O)NC(CO)C(O)CCCCCCCCCCCCCC)OC(=O)CCCCCCCCCCC/C=C\C/C=C\CCCCC. The molecule has 0 aliphatic rings. The molecule has 0 saturated heterocycles. The molecule has 6 nitrogen and oxygen atoms in total. The van der Waals surface area contributed by atoms with E-state index < -0.39 is 18.2 Å². The lowest BCUT2D eigenvalue weighted by molar-refractivity contribution is -0.151. The van der Waals surface area contributed by atoms with Gasteiger partial charge in [-0.05, 0) is 83.5 Å². The van der Waals surface area contributed by atoms with Crippen molar-refractivity contribution in [2.75, 3.05) is 6.61 Å². The maximum absolute atomic E-state index is 13.2. The number of hydrogen-bond acceptors (Lipinski definition) is 5. The van der Waals surface area contributed by atoms with Crippen molar-refractivity contribution in [1.82, 2.24) is 5.32 Å². The topological polar surface area (TPSA) is 95.9 Å². The number of carbonyl (C=O) groups excluding carboxylic acids is 2. The Morgan fingerprint density at radius 3 is 1.34 bits per heavy atom. The van der Waals surface area contributed by atoms with Gasteiger partial charge in [0.05, 0.1) is 25.2 Å². The van der Waals surface area contributed by atoms with E-state index in [1.807, 2.05) is 0 Å². The number of aliphatic hydroxyl groups excluding tert-OH is 2. The van der Waals surface area contributed by atoms with Gasteiger partial charge < -0.3 is 20.3 Å². The van der Waals surface area contributed by atoms with Gasteiger partial charge in [0.25, 0.3) is 0 Å². The number of carbonyl (C=O) groups is 2. The van der Waals surface area contributed by atoms with Crippen LogP contribution in [0.3, 0.4) is 0 Å². The maximum atomic E-state index is 13.2. The van der Waals surface area contributed by atoms with E-state index >= 15 is 0 Å². The van der Waals surface area contributed by atoms with Crippen molar-refractivity contribution in [3.63, 3.8) is 0 Å². The first-order chi connectivity index (χ1) is 30.5. The normalized spacial score (nSPS) is 13.6. The first-order valence-corrected chi connectivity index (χ1v) is 26.9. The molecule has 0 aliphatic heterocycles. The second kappa shape index (κ2) is 49.8. The lowest BCUT2D eigenvalue weighted by Crippen LogP contribution is -2.46. The Morgan fingerprint density at radius 2 is 0.871 bits per heavy atom. The zero-order valence-corrected chi connectivity index (χ0v) is 41.3. The molecule has 0 aromatic carbocycles. The molecule has 3 unspecified atom stereocenters. The van der Waals surface area contributed by atoms with Crippen molar-refractivity contribution >= 4 is 11.9 Å². The van der Waals surface area contributed by atoms with E-state index in [-0.39, 0.29) is 24.9 Å². The van der Waals surface area contributed by atoms with Gasteiger partial charge in [-0.25, -0.2) is 0 Å². The molecule has 0 aromatic rings. The third-order valence-electron chi connectivity index (χ3n) is 12.1. The van der Waals surface area contributed by atoms with Gasteiger partial charge in [-0.15, -0.1) is 0 Å². The number of amides is 1. The second-order valence-corrected chi connectivity index (χ2v) is 18.2. The first kappa shape index (κ1) is 59.8. The number of nitrogens with one attached hydrogen (secondary N) is 1. The molecule has 0 aromatic heterocycles. The van der Waals surface area contributed by atoms with Gasteiger partial charge in [0.2, 0.25) is 5.91 Å². The van der Waals surface area contributed by atoms with Crippen LogP contribution < -0.4 is 5.32 Å². The highest BCUT2D eigenvalue weighted by atomic mass is 16.5. The molecule has 3 N–H and O–H groups in total. The molecular weight excluding hydrogens is 767 g/mol. The van der Waals surface area contributed by atoms with Crippen molar-refractivity contribution in [2.24, 2.45) is 0 Å². The van der Waals surface area contributed by atoms with E-state index in [2.05, 4.69) is 74.7 Å². The van der Waals surface area contributed by atoms with Crippen LogP contribution in [0.15, 0.2) is 48.6 Å². The summed E-state index contributed by atoms with van der Waals surface area (Å²) in [4.78, 5) is 26.2. The predicted octanol–water partition coefficient (Wildman–Crippen LogP) is 16.2. The van der Waals surface area contributed by atoms with Crippen molar-refractivity contribution in [3.8, 4) is 0 Å². The van der Waals surface area contributed by atoms with Gasteiger partial charge in [-0.1, -0.05) is 223 Å². The van der Waals surface area contributed by atoms with Crippen LogP contribution in [-0.2, 0) is 14.3 Å². The number of unbranched alkanes of at least 4 members (excludes halogenated alkanes) is 28. The van der Waals surface area contributed by atoms with Crippen LogP contribution in [0.1, 0.15) is 271 Å². The molecule has 3 atom stereocenters. The summed E-state index contributed by atoms with van der Waals surface area (Å²) in [5.41, 5.74) is 0. The molecule has 0 heterocycles. The summed E-state index contributed by atoms with van der Waals surface area (Å²) >= 11 is 0. The van der Waals surface area contributed by atoms with Crippen LogP contribution in [0.4, 0.5) is 0 Å². The van der Waals surface area contributed by atoms with Crippen LogP contribution in [0, 0.1) is 0 Å². The molecule has 0 saturated carbocycles. The summed E-state index contributed by atoms with van der Waals surface area (Å²) in [5, 5.41) is 23.8. The Hall–Kier alpha value is -2.18. The van der Waals surface area contributed by atoms with Gasteiger partial charge in [0.15, 0.2) is 0 Å². The minimum absolute atomic E-state index is 0.0671. The van der Waals surface area contributed by atoms with Crippen LogP contribution in [-0.4, -0.2) is 46.9 Å². The van der Waals surface area contributed by atoms with E-state index in [9.17, 15) is 19.8 Å². The van der Waals surface area contributed by atoms with Gasteiger partial charge >= 0.3 is 5.97 Å². The van der Waals surface area contributed by atoms with E-state index in [1.165, 1.54) is 141 Å². The highest BCUT2D eigenvalue weighted by molar-refractivity contribution is 5.77. The standard InChI is InChI=1S/C56H103NO5/c1-4-7-10-13-16-19-22-25-26-27-28-29-30-31-34-37-40-43-46-49-56(61)62-52(47-44-41-38-35-32-23-20-17-14-11-8-5-2)50-55(60)57-53(51-58)54(59)48-45-42-39-36-33-24-21-18-15-12-9-6-3/h8,11,16-17,19-20,25-26,52-54,58-59H,4-7,9-10,12-15,18,21-24,27-51H2,1-3H3,(H,57,60)/b11-8+,19-16-,20-17+,26-25-.